The summed E-state index contributed by atoms with van der Waals surface area (Å²) in [4.78, 5) is 19.6. The number of aromatic amines is 1. The molecule has 2 fully saturated rings. The van der Waals surface area contributed by atoms with Crippen LogP contribution in [0.3, 0.4) is 0 Å². The molecule has 1 aliphatic heterocycles. The number of anilines is 1. The molecule has 2 amide bonds. The second-order valence-corrected chi connectivity index (χ2v) is 11.3. The zero-order chi connectivity index (χ0) is 25.9. The quantitative estimate of drug-likeness (QED) is 0.455. The molecule has 0 aromatic carbocycles. The summed E-state index contributed by atoms with van der Waals surface area (Å²) in [5.74, 6) is 0.422. The Kier molecular flexibility index (Phi) is 5.81. The molecule has 1 saturated carbocycles. The number of fused-ring (bicyclic) bond motifs is 1. The topological polar surface area (TPSA) is 112 Å². The Morgan fingerprint density at radius 2 is 2.00 bits per heavy atom. The summed E-state index contributed by atoms with van der Waals surface area (Å²) in [6.45, 7) is 8.04. The molecule has 36 heavy (non-hydrogen) atoms. The molecule has 194 valence electrons. The molecule has 1 unspecified atom stereocenters. The average molecular weight is 502 g/mol. The number of hydrogen-bond donors (Lipinski definition) is 3. The Hall–Kier alpha value is -3.08. The second kappa shape index (κ2) is 8.50. The first-order valence-electron chi connectivity index (χ1n) is 12.4. The van der Waals surface area contributed by atoms with Crippen molar-refractivity contribution in [3.05, 3.63) is 24.7 Å². The van der Waals surface area contributed by atoms with E-state index < -0.39 is 23.0 Å². The zero-order valence-corrected chi connectivity index (χ0v) is 21.1. The highest BCUT2D eigenvalue weighted by atomic mass is 19.3. The molecule has 3 aromatic heterocycles. The van der Waals surface area contributed by atoms with Crippen LogP contribution in [0.15, 0.2) is 24.7 Å². The van der Waals surface area contributed by atoms with Gasteiger partial charge in [-0.15, -0.1) is 0 Å². The molecule has 0 bridgehead atoms. The second-order valence-electron chi connectivity index (χ2n) is 11.3. The van der Waals surface area contributed by atoms with E-state index in [1.807, 2.05) is 10.7 Å². The van der Waals surface area contributed by atoms with Crippen molar-refractivity contribution in [2.24, 2.45) is 11.3 Å². The fourth-order valence-electron chi connectivity index (χ4n) is 5.56. The average Bonchev–Trinajstić information content (AvgIpc) is 3.22. The van der Waals surface area contributed by atoms with E-state index >= 15 is 0 Å². The van der Waals surface area contributed by atoms with Crippen LogP contribution in [0.4, 0.5) is 19.3 Å². The Bertz CT molecular complexity index is 1270. The van der Waals surface area contributed by atoms with Crippen molar-refractivity contribution in [1.82, 2.24) is 29.9 Å². The highest BCUT2D eigenvalue weighted by Crippen LogP contribution is 2.59. The van der Waals surface area contributed by atoms with Gasteiger partial charge in [0.1, 0.15) is 5.69 Å². The number of H-pyrrole nitrogens is 1. The number of hydrogen-bond acceptors (Lipinski definition) is 5. The number of nitrogens with zero attached hydrogens (tertiary/aromatic N) is 5. The van der Waals surface area contributed by atoms with Gasteiger partial charge < -0.3 is 15.3 Å². The van der Waals surface area contributed by atoms with Crippen LogP contribution in [0, 0.1) is 11.3 Å². The summed E-state index contributed by atoms with van der Waals surface area (Å²) < 4.78 is 30.3. The summed E-state index contributed by atoms with van der Waals surface area (Å²) in [7, 11) is 0. The fraction of sp³-hybridized carbons (Fsp3) is 0.600. The van der Waals surface area contributed by atoms with Gasteiger partial charge in [0.15, 0.2) is 0 Å². The largest absolute Gasteiger partial charge is 0.390 e. The number of urea groups is 1. The van der Waals surface area contributed by atoms with E-state index in [1.54, 1.807) is 17.3 Å². The normalized spacial score (nSPS) is 21.6. The highest BCUT2D eigenvalue weighted by molar-refractivity contribution is 5.94. The SMILES string of the molecule is CC(C)Cn1ncc2cnc(-c3[nH]ncc3NC(=O)N3CCC(C(F)F)(C(C)(C)O)CC34CC4)cc21. The number of nitrogens with one attached hydrogen (secondary N) is 2. The summed E-state index contributed by atoms with van der Waals surface area (Å²) >= 11 is 0. The molecular formula is C25H33F2N7O2. The smallest absolute Gasteiger partial charge is 0.322 e. The first-order valence-corrected chi connectivity index (χ1v) is 12.4. The van der Waals surface area contributed by atoms with Gasteiger partial charge >= 0.3 is 6.03 Å². The maximum absolute atomic E-state index is 14.2. The monoisotopic (exact) mass is 501 g/mol. The van der Waals surface area contributed by atoms with Crippen LogP contribution < -0.4 is 5.32 Å². The zero-order valence-electron chi connectivity index (χ0n) is 21.1. The molecule has 2 aliphatic rings. The minimum atomic E-state index is -2.68. The van der Waals surface area contributed by atoms with Crippen LogP contribution in [0.25, 0.3) is 22.3 Å². The number of aliphatic hydroxyl groups is 1. The molecule has 1 spiro atoms. The number of alkyl halides is 2. The maximum Gasteiger partial charge on any atom is 0.322 e. The number of rotatable bonds is 6. The summed E-state index contributed by atoms with van der Waals surface area (Å²) in [5, 5.41) is 26.0. The Balaban J connectivity index is 1.38. The number of halogens is 2. The molecule has 11 heteroatoms. The predicted molar refractivity (Wildman–Crippen MR) is 132 cm³/mol. The first kappa shape index (κ1) is 24.6. The lowest BCUT2D eigenvalue weighted by atomic mass is 9.64. The lowest BCUT2D eigenvalue weighted by Crippen LogP contribution is -2.61. The van der Waals surface area contributed by atoms with Gasteiger partial charge in [-0.1, -0.05) is 13.8 Å². The van der Waals surface area contributed by atoms with Crippen LogP contribution in [0.2, 0.25) is 0 Å². The Morgan fingerprint density at radius 1 is 1.25 bits per heavy atom. The summed E-state index contributed by atoms with van der Waals surface area (Å²) in [5.41, 5.74) is -1.19. The van der Waals surface area contributed by atoms with E-state index in [2.05, 4.69) is 39.4 Å². The molecule has 9 nitrogen and oxygen atoms in total. The molecule has 3 N–H and O–H groups in total. The number of likely N-dealkylation sites (tertiary alicyclic amines) is 1. The predicted octanol–water partition coefficient (Wildman–Crippen LogP) is 4.66. The summed E-state index contributed by atoms with van der Waals surface area (Å²) in [6, 6.07) is 1.55. The van der Waals surface area contributed by atoms with E-state index in [1.165, 1.54) is 20.0 Å². The van der Waals surface area contributed by atoms with E-state index in [0.29, 0.717) is 35.8 Å². The van der Waals surface area contributed by atoms with Crippen molar-refractivity contribution >= 4 is 22.6 Å². The number of amides is 2. The van der Waals surface area contributed by atoms with Crippen LogP contribution in [0.5, 0.6) is 0 Å². The standard InChI is InChI=1S/C25H33F2N7O2/c1-15(2)13-34-19-9-17(28-10-16(19)11-30-34)20-18(12-29-32-20)31-22(35)33-8-7-25(21(26)27,23(3,4)36)14-24(33)5-6-24/h9-12,15,21,36H,5-8,13-14H2,1-4H3,(H,29,32)(H,31,35). The Morgan fingerprint density at radius 3 is 2.64 bits per heavy atom. The van der Waals surface area contributed by atoms with Crippen molar-refractivity contribution in [3.8, 4) is 11.4 Å². The van der Waals surface area contributed by atoms with E-state index in [0.717, 1.165) is 17.4 Å². The number of carbonyl (C=O) groups excluding carboxylic acids is 1. The van der Waals surface area contributed by atoms with Crippen molar-refractivity contribution in [1.29, 1.82) is 0 Å². The fourth-order valence-corrected chi connectivity index (χ4v) is 5.56. The number of carbonyl (C=O) groups is 1. The molecule has 4 heterocycles. The van der Waals surface area contributed by atoms with Gasteiger partial charge in [-0.05, 0) is 51.5 Å². The lowest BCUT2D eigenvalue weighted by molar-refractivity contribution is -0.173. The van der Waals surface area contributed by atoms with Gasteiger partial charge in [0.2, 0.25) is 6.43 Å². The third-order valence-electron chi connectivity index (χ3n) is 7.91. The van der Waals surface area contributed by atoms with Crippen molar-refractivity contribution < 1.29 is 18.7 Å². The molecular weight excluding hydrogens is 468 g/mol. The number of piperidine rings is 1. The molecule has 1 atom stereocenters. The number of aromatic nitrogens is 5. The molecule has 0 radical (unpaired) electrons. The van der Waals surface area contributed by atoms with Crippen molar-refractivity contribution in [2.45, 2.75) is 77.5 Å². The van der Waals surface area contributed by atoms with E-state index in [-0.39, 0.29) is 25.4 Å². The minimum absolute atomic E-state index is 0.0274. The minimum Gasteiger partial charge on any atom is -0.390 e. The van der Waals surface area contributed by atoms with Crippen LogP contribution >= 0.6 is 0 Å². The highest BCUT2D eigenvalue weighted by Gasteiger charge is 2.64. The van der Waals surface area contributed by atoms with Crippen LogP contribution in [0.1, 0.15) is 53.4 Å². The van der Waals surface area contributed by atoms with Crippen molar-refractivity contribution in [3.63, 3.8) is 0 Å². The molecule has 3 aromatic rings. The van der Waals surface area contributed by atoms with Gasteiger partial charge in [0.05, 0.1) is 40.3 Å². The summed E-state index contributed by atoms with van der Waals surface area (Å²) in [6.07, 6.45) is 3.75. The lowest BCUT2D eigenvalue weighted by Gasteiger charge is -2.52. The molecule has 5 rings (SSSR count). The molecule has 1 aliphatic carbocycles. The van der Waals surface area contributed by atoms with Crippen LogP contribution in [-0.4, -0.2) is 65.1 Å². The first-order chi connectivity index (χ1) is 17.0. The third-order valence-corrected chi connectivity index (χ3v) is 7.91. The van der Waals surface area contributed by atoms with Gasteiger partial charge in [-0.25, -0.2) is 13.6 Å². The van der Waals surface area contributed by atoms with E-state index in [9.17, 15) is 18.7 Å². The molecule has 1 saturated heterocycles. The maximum atomic E-state index is 14.2. The van der Waals surface area contributed by atoms with E-state index in [4.69, 9.17) is 0 Å². The van der Waals surface area contributed by atoms with Gasteiger partial charge in [0, 0.05) is 30.2 Å². The van der Waals surface area contributed by atoms with Gasteiger partial charge in [-0.2, -0.15) is 10.2 Å². The number of pyridine rings is 1. The Labute approximate surface area is 208 Å². The van der Waals surface area contributed by atoms with Gasteiger partial charge in [0.25, 0.3) is 0 Å². The van der Waals surface area contributed by atoms with Crippen LogP contribution in [-0.2, 0) is 6.54 Å². The third kappa shape index (κ3) is 4.03. The van der Waals surface area contributed by atoms with Crippen molar-refractivity contribution in [2.75, 3.05) is 11.9 Å². The van der Waals surface area contributed by atoms with Gasteiger partial charge in [-0.3, -0.25) is 14.8 Å².